The molecule has 0 saturated heterocycles. The van der Waals surface area contributed by atoms with E-state index in [1.54, 1.807) is 29.1 Å². The Labute approximate surface area is 140 Å². The lowest BCUT2D eigenvalue weighted by atomic mass is 10.1. The topological polar surface area (TPSA) is 67.2 Å². The number of rotatable bonds is 5. The number of nitrogens with zero attached hydrogens (tertiary/aromatic N) is 2. The van der Waals surface area contributed by atoms with E-state index in [2.05, 4.69) is 10.4 Å². The molecule has 0 saturated carbocycles. The third-order valence-electron chi connectivity index (χ3n) is 3.81. The molecule has 2 aromatic carbocycles. The number of amides is 1. The van der Waals surface area contributed by atoms with Crippen LogP contribution in [0.1, 0.15) is 24.1 Å². The van der Waals surface area contributed by atoms with Crippen molar-refractivity contribution in [3.63, 3.8) is 0 Å². The molecule has 5 heteroatoms. The first-order valence-corrected chi connectivity index (χ1v) is 7.79. The summed E-state index contributed by atoms with van der Waals surface area (Å²) in [5.74, 6) is 0.0701. The van der Waals surface area contributed by atoms with E-state index in [4.69, 9.17) is 0 Å². The molecule has 0 spiro atoms. The highest BCUT2D eigenvalue weighted by molar-refractivity contribution is 5.79. The summed E-state index contributed by atoms with van der Waals surface area (Å²) in [5, 5.41) is 16.8. The van der Waals surface area contributed by atoms with Crippen LogP contribution in [0.3, 0.4) is 0 Å². The van der Waals surface area contributed by atoms with E-state index in [-0.39, 0.29) is 24.1 Å². The third-order valence-corrected chi connectivity index (χ3v) is 3.81. The van der Waals surface area contributed by atoms with Crippen molar-refractivity contribution in [1.29, 1.82) is 0 Å². The molecule has 3 aromatic rings. The maximum absolute atomic E-state index is 12.3. The molecule has 0 aliphatic rings. The predicted molar refractivity (Wildman–Crippen MR) is 91.9 cm³/mol. The van der Waals surface area contributed by atoms with E-state index >= 15 is 0 Å². The zero-order valence-corrected chi connectivity index (χ0v) is 13.4. The molecule has 1 aromatic heterocycles. The van der Waals surface area contributed by atoms with Gasteiger partial charge < -0.3 is 10.4 Å². The number of nitrogens with one attached hydrogen (secondary N) is 1. The first-order valence-electron chi connectivity index (χ1n) is 7.79. The van der Waals surface area contributed by atoms with Crippen LogP contribution in [0.5, 0.6) is 5.75 Å². The summed E-state index contributed by atoms with van der Waals surface area (Å²) in [7, 11) is 0. The number of carbonyl (C=O) groups is 1. The van der Waals surface area contributed by atoms with E-state index in [9.17, 15) is 9.90 Å². The van der Waals surface area contributed by atoms with Gasteiger partial charge >= 0.3 is 0 Å². The molecule has 0 bridgehead atoms. The van der Waals surface area contributed by atoms with Gasteiger partial charge in [0.1, 0.15) is 5.75 Å². The zero-order valence-electron chi connectivity index (χ0n) is 13.4. The summed E-state index contributed by atoms with van der Waals surface area (Å²) in [6, 6.07) is 16.3. The van der Waals surface area contributed by atoms with Gasteiger partial charge in [0, 0.05) is 12.4 Å². The summed E-state index contributed by atoms with van der Waals surface area (Å²) < 4.78 is 1.78. The quantitative estimate of drug-likeness (QED) is 0.759. The molecule has 122 valence electrons. The van der Waals surface area contributed by atoms with Gasteiger partial charge in [-0.2, -0.15) is 5.10 Å². The Morgan fingerprint density at radius 1 is 1.21 bits per heavy atom. The van der Waals surface area contributed by atoms with Gasteiger partial charge in [-0.05, 0) is 42.3 Å². The number of phenols is 1. The van der Waals surface area contributed by atoms with Crippen molar-refractivity contribution in [2.75, 3.05) is 0 Å². The van der Waals surface area contributed by atoms with E-state index in [0.717, 1.165) is 16.8 Å². The highest BCUT2D eigenvalue weighted by Crippen LogP contribution is 2.21. The van der Waals surface area contributed by atoms with E-state index in [1.165, 1.54) is 0 Å². The molecule has 0 radical (unpaired) electrons. The fourth-order valence-corrected chi connectivity index (χ4v) is 2.70. The average Bonchev–Trinajstić information content (AvgIpc) is 3.09. The van der Waals surface area contributed by atoms with Crippen LogP contribution in [0.4, 0.5) is 0 Å². The Hall–Kier alpha value is -3.08. The van der Waals surface area contributed by atoms with E-state index in [1.807, 2.05) is 49.5 Å². The number of aromatic hydroxyl groups is 1. The molecule has 1 amide bonds. The average molecular weight is 321 g/mol. The molecule has 0 fully saturated rings. The minimum absolute atomic E-state index is 0.0941. The molecule has 0 aliphatic heterocycles. The maximum Gasteiger partial charge on any atom is 0.224 e. The summed E-state index contributed by atoms with van der Waals surface area (Å²) >= 11 is 0. The Morgan fingerprint density at radius 3 is 2.79 bits per heavy atom. The van der Waals surface area contributed by atoms with Gasteiger partial charge in [0.15, 0.2) is 0 Å². The summed E-state index contributed by atoms with van der Waals surface area (Å²) in [5.41, 5.74) is 2.71. The molecular formula is C19H19N3O2. The van der Waals surface area contributed by atoms with Gasteiger partial charge in [0.05, 0.1) is 18.2 Å². The number of aromatic nitrogens is 2. The molecular weight excluding hydrogens is 302 g/mol. The monoisotopic (exact) mass is 321 g/mol. The van der Waals surface area contributed by atoms with Crippen molar-refractivity contribution in [2.24, 2.45) is 0 Å². The van der Waals surface area contributed by atoms with Crippen LogP contribution >= 0.6 is 0 Å². The Kier molecular flexibility index (Phi) is 4.61. The second-order valence-electron chi connectivity index (χ2n) is 5.65. The number of phenolic OH excluding ortho intramolecular Hbond substituents is 1. The van der Waals surface area contributed by atoms with Gasteiger partial charge in [-0.3, -0.25) is 4.79 Å². The fourth-order valence-electron chi connectivity index (χ4n) is 2.70. The van der Waals surface area contributed by atoms with Gasteiger partial charge in [-0.15, -0.1) is 0 Å². The number of carbonyl (C=O) groups excluding carboxylic acids is 1. The number of hydrogen-bond donors (Lipinski definition) is 2. The van der Waals surface area contributed by atoms with Crippen LogP contribution in [-0.4, -0.2) is 20.8 Å². The number of hydrogen-bond acceptors (Lipinski definition) is 3. The SMILES string of the molecule is C[C@H](NC(=O)Cc1cccc(O)c1)c1ccccc1-n1cccn1. The largest absolute Gasteiger partial charge is 0.508 e. The fraction of sp³-hybridized carbons (Fsp3) is 0.158. The third kappa shape index (κ3) is 3.63. The lowest BCUT2D eigenvalue weighted by molar-refractivity contribution is -0.121. The molecule has 1 heterocycles. The lowest BCUT2D eigenvalue weighted by Crippen LogP contribution is -2.28. The molecule has 0 unspecified atom stereocenters. The molecule has 5 nitrogen and oxygen atoms in total. The summed E-state index contributed by atoms with van der Waals surface area (Å²) in [6.45, 7) is 1.95. The second kappa shape index (κ2) is 7.00. The first kappa shape index (κ1) is 15.8. The van der Waals surface area contributed by atoms with Gasteiger partial charge in [-0.25, -0.2) is 4.68 Å². The van der Waals surface area contributed by atoms with E-state index in [0.29, 0.717) is 0 Å². The van der Waals surface area contributed by atoms with Crippen molar-refractivity contribution < 1.29 is 9.90 Å². The minimum Gasteiger partial charge on any atom is -0.508 e. The van der Waals surface area contributed by atoms with Crippen molar-refractivity contribution in [2.45, 2.75) is 19.4 Å². The molecule has 2 N–H and O–H groups in total. The van der Waals surface area contributed by atoms with Gasteiger partial charge in [-0.1, -0.05) is 30.3 Å². The highest BCUT2D eigenvalue weighted by atomic mass is 16.3. The van der Waals surface area contributed by atoms with Crippen molar-refractivity contribution in [3.05, 3.63) is 78.1 Å². The number of benzene rings is 2. The van der Waals surface area contributed by atoms with Gasteiger partial charge in [0.2, 0.25) is 5.91 Å². The zero-order chi connectivity index (χ0) is 16.9. The van der Waals surface area contributed by atoms with Crippen LogP contribution in [0, 0.1) is 0 Å². The standard InChI is InChI=1S/C19H19N3O2/c1-14(21-19(24)13-15-6-4-7-16(23)12-15)17-8-2-3-9-18(17)22-11-5-10-20-22/h2-12,14,23H,13H2,1H3,(H,21,24)/t14-/m0/s1. The van der Waals surface area contributed by atoms with Crippen LogP contribution in [0.2, 0.25) is 0 Å². The van der Waals surface area contributed by atoms with Crippen LogP contribution in [0.25, 0.3) is 5.69 Å². The summed E-state index contributed by atoms with van der Waals surface area (Å²) in [6.07, 6.45) is 3.82. The van der Waals surface area contributed by atoms with Crippen LogP contribution < -0.4 is 5.32 Å². The summed E-state index contributed by atoms with van der Waals surface area (Å²) in [4.78, 5) is 12.3. The first-order chi connectivity index (χ1) is 11.6. The molecule has 0 aliphatic carbocycles. The lowest BCUT2D eigenvalue weighted by Gasteiger charge is -2.18. The highest BCUT2D eigenvalue weighted by Gasteiger charge is 2.14. The van der Waals surface area contributed by atoms with Crippen LogP contribution in [0.15, 0.2) is 67.0 Å². The van der Waals surface area contributed by atoms with Crippen molar-refractivity contribution in [3.8, 4) is 11.4 Å². The predicted octanol–water partition coefficient (Wildman–Crippen LogP) is 3.00. The molecule has 3 rings (SSSR count). The number of para-hydroxylation sites is 1. The van der Waals surface area contributed by atoms with Gasteiger partial charge in [0.25, 0.3) is 0 Å². The van der Waals surface area contributed by atoms with Crippen molar-refractivity contribution >= 4 is 5.91 Å². The normalized spacial score (nSPS) is 11.9. The van der Waals surface area contributed by atoms with Crippen LogP contribution in [-0.2, 0) is 11.2 Å². The Balaban J connectivity index is 1.73. The Bertz CT molecular complexity index is 828. The van der Waals surface area contributed by atoms with E-state index < -0.39 is 0 Å². The minimum atomic E-state index is -0.157. The second-order valence-corrected chi connectivity index (χ2v) is 5.65. The van der Waals surface area contributed by atoms with Crippen molar-refractivity contribution in [1.82, 2.24) is 15.1 Å². The Morgan fingerprint density at radius 2 is 2.04 bits per heavy atom. The molecule has 24 heavy (non-hydrogen) atoms. The maximum atomic E-state index is 12.3. The smallest absolute Gasteiger partial charge is 0.224 e. The molecule has 1 atom stereocenters.